The van der Waals surface area contributed by atoms with Gasteiger partial charge < -0.3 is 9.90 Å². The van der Waals surface area contributed by atoms with Crippen LogP contribution >= 0.6 is 0 Å². The van der Waals surface area contributed by atoms with Gasteiger partial charge in [-0.25, -0.2) is 4.79 Å². The smallest absolute Gasteiger partial charge is 0.381 e. The van der Waals surface area contributed by atoms with Gasteiger partial charge in [-0.3, -0.25) is 0 Å². The highest BCUT2D eigenvalue weighted by atomic mass is 16.4. The molecule has 0 spiro atoms. The zero-order chi connectivity index (χ0) is 7.86. The average Bonchev–Trinajstić information content (AvgIpc) is 1.65. The Morgan fingerprint density at radius 1 is 1.44 bits per heavy atom. The first-order valence-corrected chi connectivity index (χ1v) is 2.17. The van der Waals surface area contributed by atoms with Gasteiger partial charge in [0.1, 0.15) is 5.78 Å². The molecule has 0 rings (SSSR count). The minimum absolute atomic E-state index is 0.167. The molecule has 0 fully saturated rings. The molecule has 0 amide bonds. The van der Waals surface area contributed by atoms with Crippen molar-refractivity contribution in [1.82, 2.24) is 0 Å². The molecule has 0 aliphatic carbocycles. The number of carbonyl (C=O) groups is 2. The molecule has 50 valence electrons. The van der Waals surface area contributed by atoms with Gasteiger partial charge in [0, 0.05) is 5.92 Å². The van der Waals surface area contributed by atoms with E-state index < -0.39 is 5.97 Å². The van der Waals surface area contributed by atoms with Crippen LogP contribution in [0, 0.1) is 12.3 Å². The highest BCUT2D eigenvalue weighted by molar-refractivity contribution is 5.85. The lowest BCUT2D eigenvalue weighted by Gasteiger charge is -1.60. The maximum atomic E-state index is 9.44. The monoisotopic (exact) mass is 128 g/mol. The third-order valence-electron chi connectivity index (χ3n) is 0.123. The molecule has 1 N–H and O–H groups in total. The van der Waals surface area contributed by atoms with Gasteiger partial charge in [0.2, 0.25) is 0 Å². The summed E-state index contributed by atoms with van der Waals surface area (Å²) >= 11 is 0. The van der Waals surface area contributed by atoms with Crippen molar-refractivity contribution in [2.24, 2.45) is 0 Å². The second-order valence-corrected chi connectivity index (χ2v) is 1.36. The van der Waals surface area contributed by atoms with Crippen LogP contribution in [0.15, 0.2) is 0 Å². The maximum Gasteiger partial charge on any atom is 0.381 e. The number of ketones is 1. The van der Waals surface area contributed by atoms with E-state index in [9.17, 15) is 4.79 Å². The van der Waals surface area contributed by atoms with E-state index in [1.165, 1.54) is 19.8 Å². The van der Waals surface area contributed by atoms with Crippen molar-refractivity contribution in [3.63, 3.8) is 0 Å². The molecule has 0 aromatic heterocycles. The predicted molar refractivity (Wildman–Crippen MR) is 32.8 cm³/mol. The fourth-order valence-electron chi connectivity index (χ4n) is 0. The van der Waals surface area contributed by atoms with E-state index in [0.717, 1.165) is 0 Å². The molecule has 0 unspecified atom stereocenters. The van der Waals surface area contributed by atoms with Gasteiger partial charge >= 0.3 is 5.97 Å². The summed E-state index contributed by atoms with van der Waals surface area (Å²) in [4.78, 5) is 18.6. The molecule has 0 saturated carbocycles. The molecule has 9 heavy (non-hydrogen) atoms. The fraction of sp³-hybridized carbons (Fsp3) is 0.333. The maximum absolute atomic E-state index is 9.44. The molecule has 0 aromatic rings. The number of Topliss-reactive ketones (excluding diaryl/α,β-unsaturated/α-hetero) is 1. The van der Waals surface area contributed by atoms with E-state index in [-0.39, 0.29) is 5.78 Å². The summed E-state index contributed by atoms with van der Waals surface area (Å²) in [6.45, 7) is 3.06. The summed E-state index contributed by atoms with van der Waals surface area (Å²) in [6, 6.07) is 0. The molecule has 0 bridgehead atoms. The normalized spacial score (nSPS) is 5.89. The van der Waals surface area contributed by atoms with Gasteiger partial charge in [-0.15, -0.1) is 6.42 Å². The van der Waals surface area contributed by atoms with E-state index in [0.29, 0.717) is 0 Å². The summed E-state index contributed by atoms with van der Waals surface area (Å²) in [5, 5.41) is 7.49. The van der Waals surface area contributed by atoms with Crippen LogP contribution < -0.4 is 0 Å². The number of terminal acetylenes is 1. The molecule has 0 aliphatic heterocycles. The summed E-state index contributed by atoms with van der Waals surface area (Å²) in [6.07, 6.45) is 4.32. The molecule has 0 aliphatic rings. The predicted octanol–water partition coefficient (Wildman–Crippen LogP) is 0.300. The minimum atomic E-state index is -1.22. The van der Waals surface area contributed by atoms with Crippen molar-refractivity contribution in [2.75, 3.05) is 0 Å². The van der Waals surface area contributed by atoms with Crippen molar-refractivity contribution >= 4 is 11.8 Å². The Morgan fingerprint density at radius 3 is 1.56 bits per heavy atom. The van der Waals surface area contributed by atoms with Crippen LogP contribution in [-0.2, 0) is 9.59 Å². The van der Waals surface area contributed by atoms with Gasteiger partial charge in [0.25, 0.3) is 0 Å². The number of carbonyl (C=O) groups excluding carboxylic acids is 1. The van der Waals surface area contributed by atoms with Crippen LogP contribution in [-0.4, -0.2) is 16.9 Å². The van der Waals surface area contributed by atoms with Gasteiger partial charge in [-0.05, 0) is 13.8 Å². The van der Waals surface area contributed by atoms with E-state index >= 15 is 0 Å². The second kappa shape index (κ2) is 6.70. The van der Waals surface area contributed by atoms with Gasteiger partial charge in [0.15, 0.2) is 0 Å². The number of carboxylic acids is 1. The molecule has 0 aromatic carbocycles. The van der Waals surface area contributed by atoms with Crippen molar-refractivity contribution in [3.05, 3.63) is 0 Å². The standard InChI is InChI=1S/C3H2O2.C3H6O/c1-2-3(4)5;1-3(2)4/h1H,(H,4,5);1-2H3. The minimum Gasteiger partial charge on any atom is -0.472 e. The zero-order valence-electron chi connectivity index (χ0n) is 5.34. The van der Waals surface area contributed by atoms with Gasteiger partial charge in [0.05, 0.1) is 0 Å². The summed E-state index contributed by atoms with van der Waals surface area (Å²) in [5.74, 6) is 0.394. The Kier molecular flexibility index (Phi) is 7.92. The molecule has 3 heteroatoms. The van der Waals surface area contributed by atoms with E-state index in [1.54, 1.807) is 0 Å². The highest BCUT2D eigenvalue weighted by Gasteiger charge is 1.74. The van der Waals surface area contributed by atoms with Crippen molar-refractivity contribution in [3.8, 4) is 12.3 Å². The number of hydrogen-bond acceptors (Lipinski definition) is 2. The third-order valence-corrected chi connectivity index (χ3v) is 0.123. The Labute approximate surface area is 53.7 Å². The summed E-state index contributed by atoms with van der Waals surface area (Å²) in [7, 11) is 0. The lowest BCUT2D eigenvalue weighted by molar-refractivity contribution is -0.130. The SMILES string of the molecule is C#CC(=O)O.CC(C)=O. The molecule has 3 nitrogen and oxygen atoms in total. The fourth-order valence-corrected chi connectivity index (χ4v) is 0. The number of hydrogen-bond donors (Lipinski definition) is 1. The largest absolute Gasteiger partial charge is 0.472 e. The van der Waals surface area contributed by atoms with Gasteiger partial charge in [-0.1, -0.05) is 0 Å². The summed E-state index contributed by atoms with van der Waals surface area (Å²) in [5.41, 5.74) is 0. The Bertz CT molecular complexity index is 137. The van der Waals surface area contributed by atoms with Crippen LogP contribution in [0.3, 0.4) is 0 Å². The highest BCUT2D eigenvalue weighted by Crippen LogP contribution is 1.50. The Hall–Kier alpha value is -1.30. The van der Waals surface area contributed by atoms with Crippen molar-refractivity contribution < 1.29 is 14.7 Å². The van der Waals surface area contributed by atoms with E-state index in [1.807, 2.05) is 0 Å². The molecule has 0 heterocycles. The van der Waals surface area contributed by atoms with Crippen LogP contribution in [0.1, 0.15) is 13.8 Å². The first kappa shape index (κ1) is 10.6. The molecular formula is C6H8O3. The quantitative estimate of drug-likeness (QED) is 0.477. The van der Waals surface area contributed by atoms with Crippen LogP contribution in [0.5, 0.6) is 0 Å². The van der Waals surface area contributed by atoms with Crippen LogP contribution in [0.2, 0.25) is 0 Å². The van der Waals surface area contributed by atoms with E-state index in [4.69, 9.17) is 9.90 Å². The summed E-state index contributed by atoms with van der Waals surface area (Å²) < 4.78 is 0. The topological polar surface area (TPSA) is 54.4 Å². The first-order valence-electron chi connectivity index (χ1n) is 2.17. The molecule has 0 saturated heterocycles. The number of rotatable bonds is 0. The molecule has 0 atom stereocenters. The first-order chi connectivity index (χ1) is 4.00. The van der Waals surface area contributed by atoms with Crippen LogP contribution in [0.4, 0.5) is 0 Å². The lowest BCUT2D eigenvalue weighted by Crippen LogP contribution is -1.83. The van der Waals surface area contributed by atoms with Crippen LogP contribution in [0.25, 0.3) is 0 Å². The van der Waals surface area contributed by atoms with Crippen molar-refractivity contribution in [1.29, 1.82) is 0 Å². The van der Waals surface area contributed by atoms with Gasteiger partial charge in [-0.2, -0.15) is 0 Å². The van der Waals surface area contributed by atoms with Crippen molar-refractivity contribution in [2.45, 2.75) is 13.8 Å². The third kappa shape index (κ3) is 302. The second-order valence-electron chi connectivity index (χ2n) is 1.36. The number of carboxylic acid groups (broad SMARTS) is 1. The average molecular weight is 128 g/mol. The Balaban J connectivity index is 0. The Morgan fingerprint density at radius 2 is 1.56 bits per heavy atom. The molecule has 0 radical (unpaired) electrons. The zero-order valence-corrected chi connectivity index (χ0v) is 5.34. The number of aliphatic carboxylic acids is 1. The van der Waals surface area contributed by atoms with E-state index in [2.05, 4.69) is 6.42 Å². The molecular weight excluding hydrogens is 120 g/mol. The lowest BCUT2D eigenvalue weighted by atomic mass is 10.6.